The van der Waals surface area contributed by atoms with Gasteiger partial charge in [-0.3, -0.25) is 0 Å². The molecule has 0 amide bonds. The standard InChI is InChI=1S/C21H30N4OS.HI/c1-4-22-21(25-17-10-11-19(12-17)27-5-2)23-13-18-14-26-20(24-18)16-8-6-15(3)7-9-16;/h6-9,14,17,19H,4-5,10-13H2,1-3H3,(H2,22,23,25);1H. The van der Waals surface area contributed by atoms with Crippen molar-refractivity contribution < 1.29 is 4.42 Å². The topological polar surface area (TPSA) is 62.5 Å². The highest BCUT2D eigenvalue weighted by Gasteiger charge is 2.25. The van der Waals surface area contributed by atoms with Crippen LogP contribution in [0.1, 0.15) is 44.4 Å². The van der Waals surface area contributed by atoms with Crippen molar-refractivity contribution >= 4 is 41.7 Å². The van der Waals surface area contributed by atoms with Crippen LogP contribution in [0.4, 0.5) is 0 Å². The summed E-state index contributed by atoms with van der Waals surface area (Å²) in [6.45, 7) is 7.75. The molecule has 1 fully saturated rings. The van der Waals surface area contributed by atoms with Crippen LogP contribution in [0, 0.1) is 6.92 Å². The number of nitrogens with zero attached hydrogens (tertiary/aromatic N) is 2. The van der Waals surface area contributed by atoms with Crippen LogP contribution in [0.15, 0.2) is 39.9 Å². The van der Waals surface area contributed by atoms with Gasteiger partial charge in [-0.25, -0.2) is 9.98 Å². The highest BCUT2D eigenvalue weighted by molar-refractivity contribution is 14.0. The number of rotatable bonds is 7. The number of nitrogens with one attached hydrogen (secondary N) is 2. The third-order valence-corrected chi connectivity index (χ3v) is 5.95. The van der Waals surface area contributed by atoms with Gasteiger partial charge in [0.15, 0.2) is 5.96 Å². The first-order valence-electron chi connectivity index (χ1n) is 9.85. The summed E-state index contributed by atoms with van der Waals surface area (Å²) in [5.41, 5.74) is 3.06. The van der Waals surface area contributed by atoms with Gasteiger partial charge in [-0.05, 0) is 51.0 Å². The quantitative estimate of drug-likeness (QED) is 0.310. The molecule has 1 aliphatic rings. The molecule has 2 unspecified atom stereocenters. The van der Waals surface area contributed by atoms with Gasteiger partial charge in [-0.1, -0.05) is 24.6 Å². The van der Waals surface area contributed by atoms with E-state index in [-0.39, 0.29) is 24.0 Å². The molecule has 5 nitrogen and oxygen atoms in total. The van der Waals surface area contributed by atoms with Crippen molar-refractivity contribution in [2.45, 2.75) is 57.9 Å². The Morgan fingerprint density at radius 1 is 1.25 bits per heavy atom. The lowest BCUT2D eigenvalue weighted by molar-refractivity contribution is 0.572. The molecule has 1 aromatic heterocycles. The Balaban J connectivity index is 0.00000280. The van der Waals surface area contributed by atoms with E-state index in [2.05, 4.69) is 60.3 Å². The van der Waals surface area contributed by atoms with Gasteiger partial charge >= 0.3 is 0 Å². The Hall–Kier alpha value is -1.22. The minimum absolute atomic E-state index is 0. The summed E-state index contributed by atoms with van der Waals surface area (Å²) in [6, 6.07) is 8.70. The molecule has 0 aliphatic heterocycles. The number of benzene rings is 1. The second-order valence-corrected chi connectivity index (χ2v) is 8.51. The second kappa shape index (κ2) is 11.7. The van der Waals surface area contributed by atoms with Crippen LogP contribution in [0.25, 0.3) is 11.5 Å². The van der Waals surface area contributed by atoms with E-state index in [9.17, 15) is 0 Å². The summed E-state index contributed by atoms with van der Waals surface area (Å²) < 4.78 is 5.63. The summed E-state index contributed by atoms with van der Waals surface area (Å²) >= 11 is 2.07. The molecule has 1 heterocycles. The lowest BCUT2D eigenvalue weighted by Crippen LogP contribution is -2.42. The maximum absolute atomic E-state index is 5.63. The molecule has 0 saturated heterocycles. The number of oxazole rings is 1. The zero-order valence-corrected chi connectivity index (χ0v) is 20.1. The van der Waals surface area contributed by atoms with Gasteiger partial charge in [0.25, 0.3) is 0 Å². The average Bonchev–Trinajstić information content (AvgIpc) is 3.31. The maximum atomic E-state index is 5.63. The first-order chi connectivity index (χ1) is 13.2. The molecule has 2 atom stereocenters. The van der Waals surface area contributed by atoms with E-state index >= 15 is 0 Å². The Morgan fingerprint density at radius 3 is 2.75 bits per heavy atom. The van der Waals surface area contributed by atoms with E-state index in [0.717, 1.165) is 29.0 Å². The molecule has 0 bridgehead atoms. The highest BCUT2D eigenvalue weighted by Crippen LogP contribution is 2.29. The number of guanidine groups is 1. The van der Waals surface area contributed by atoms with Gasteiger partial charge in [-0.15, -0.1) is 24.0 Å². The van der Waals surface area contributed by atoms with Gasteiger partial charge < -0.3 is 15.1 Å². The van der Waals surface area contributed by atoms with Gasteiger partial charge in [0.05, 0.1) is 6.54 Å². The summed E-state index contributed by atoms with van der Waals surface area (Å²) in [6.07, 6.45) is 5.42. The number of hydrogen-bond acceptors (Lipinski definition) is 4. The predicted molar refractivity (Wildman–Crippen MR) is 130 cm³/mol. The summed E-state index contributed by atoms with van der Waals surface area (Å²) in [4.78, 5) is 9.28. The van der Waals surface area contributed by atoms with Crippen LogP contribution in [0.5, 0.6) is 0 Å². The van der Waals surface area contributed by atoms with Crippen molar-refractivity contribution in [1.82, 2.24) is 15.6 Å². The zero-order chi connectivity index (χ0) is 19.1. The Bertz CT molecular complexity index is 747. The molecule has 0 spiro atoms. The molecule has 0 radical (unpaired) electrons. The number of aryl methyl sites for hydroxylation is 1. The van der Waals surface area contributed by atoms with Crippen molar-refractivity contribution in [3.63, 3.8) is 0 Å². The van der Waals surface area contributed by atoms with Crippen LogP contribution in [-0.2, 0) is 6.54 Å². The Morgan fingerprint density at radius 2 is 2.04 bits per heavy atom. The highest BCUT2D eigenvalue weighted by atomic mass is 127. The minimum Gasteiger partial charge on any atom is -0.444 e. The van der Waals surface area contributed by atoms with E-state index in [1.54, 1.807) is 6.26 Å². The third kappa shape index (κ3) is 6.69. The first kappa shape index (κ1) is 23.1. The molecule has 28 heavy (non-hydrogen) atoms. The average molecular weight is 514 g/mol. The second-order valence-electron chi connectivity index (χ2n) is 6.94. The number of hydrogen-bond donors (Lipinski definition) is 2. The molecule has 154 valence electrons. The Kier molecular flexibility index (Phi) is 9.64. The van der Waals surface area contributed by atoms with Crippen LogP contribution >= 0.6 is 35.7 Å². The monoisotopic (exact) mass is 514 g/mol. The summed E-state index contributed by atoms with van der Waals surface area (Å²) in [5, 5.41) is 7.71. The number of halogens is 1. The Labute approximate surface area is 189 Å². The van der Waals surface area contributed by atoms with E-state index in [1.807, 2.05) is 12.1 Å². The SMILES string of the molecule is CCNC(=NCc1coc(-c2ccc(C)cc2)n1)NC1CCC(SCC)C1.I. The van der Waals surface area contributed by atoms with Gasteiger partial charge in [0.2, 0.25) is 5.89 Å². The first-order valence-corrected chi connectivity index (χ1v) is 10.9. The number of thioether (sulfide) groups is 1. The lowest BCUT2D eigenvalue weighted by Gasteiger charge is -2.17. The van der Waals surface area contributed by atoms with Gasteiger partial charge in [0, 0.05) is 23.4 Å². The molecule has 2 aromatic rings. The molecular formula is C21H31IN4OS. The van der Waals surface area contributed by atoms with E-state index in [4.69, 9.17) is 9.41 Å². The van der Waals surface area contributed by atoms with Crippen LogP contribution in [-0.4, -0.2) is 34.5 Å². The van der Waals surface area contributed by atoms with E-state index < -0.39 is 0 Å². The molecule has 1 aliphatic carbocycles. The normalized spacial score (nSPS) is 19.3. The lowest BCUT2D eigenvalue weighted by atomic mass is 10.1. The van der Waals surface area contributed by atoms with Gasteiger partial charge in [-0.2, -0.15) is 11.8 Å². The fourth-order valence-corrected chi connectivity index (χ4v) is 4.48. The summed E-state index contributed by atoms with van der Waals surface area (Å²) in [5.74, 6) is 2.71. The third-order valence-electron chi connectivity index (χ3n) is 4.72. The maximum Gasteiger partial charge on any atom is 0.226 e. The minimum atomic E-state index is 0. The van der Waals surface area contributed by atoms with Crippen molar-refractivity contribution in [2.75, 3.05) is 12.3 Å². The number of aromatic nitrogens is 1. The predicted octanol–water partition coefficient (Wildman–Crippen LogP) is 5.00. The van der Waals surface area contributed by atoms with Crippen molar-refractivity contribution in [3.05, 3.63) is 41.8 Å². The van der Waals surface area contributed by atoms with Crippen molar-refractivity contribution in [1.29, 1.82) is 0 Å². The van der Waals surface area contributed by atoms with E-state index in [0.29, 0.717) is 18.5 Å². The van der Waals surface area contributed by atoms with Gasteiger partial charge in [0.1, 0.15) is 12.0 Å². The smallest absolute Gasteiger partial charge is 0.226 e. The molecule has 1 aromatic carbocycles. The van der Waals surface area contributed by atoms with Crippen LogP contribution in [0.3, 0.4) is 0 Å². The summed E-state index contributed by atoms with van der Waals surface area (Å²) in [7, 11) is 0. The zero-order valence-electron chi connectivity index (χ0n) is 16.9. The fourth-order valence-electron chi connectivity index (χ4n) is 3.34. The number of aliphatic imine (C=N–C) groups is 1. The van der Waals surface area contributed by atoms with Crippen LogP contribution in [0.2, 0.25) is 0 Å². The molecule has 7 heteroatoms. The van der Waals surface area contributed by atoms with Crippen molar-refractivity contribution in [3.8, 4) is 11.5 Å². The van der Waals surface area contributed by atoms with E-state index in [1.165, 1.54) is 30.6 Å². The largest absolute Gasteiger partial charge is 0.444 e. The van der Waals surface area contributed by atoms with Crippen LogP contribution < -0.4 is 10.6 Å². The molecule has 2 N–H and O–H groups in total. The van der Waals surface area contributed by atoms with Crippen molar-refractivity contribution in [2.24, 2.45) is 4.99 Å². The molecular weight excluding hydrogens is 483 g/mol. The fraction of sp³-hybridized carbons (Fsp3) is 0.524. The molecule has 1 saturated carbocycles. The molecule has 3 rings (SSSR count).